The van der Waals surface area contributed by atoms with E-state index in [0.29, 0.717) is 76.6 Å². The molecule has 42 heavy (non-hydrogen) atoms. The van der Waals surface area contributed by atoms with Gasteiger partial charge in [-0.15, -0.1) is 12.4 Å². The molecule has 4 rings (SSSR count). The number of nitrogens with zero attached hydrogens (tertiary/aromatic N) is 5. The second-order valence-corrected chi connectivity index (χ2v) is 10.5. The van der Waals surface area contributed by atoms with Crippen molar-refractivity contribution in [3.8, 4) is 6.07 Å². The first-order valence-electron chi connectivity index (χ1n) is 14.1. The van der Waals surface area contributed by atoms with Gasteiger partial charge in [-0.3, -0.25) is 9.59 Å². The number of unbranched alkanes of at least 4 members (excludes halogenated alkanes) is 2. The van der Waals surface area contributed by atoms with E-state index in [1.165, 1.54) is 12.1 Å². The van der Waals surface area contributed by atoms with Crippen LogP contribution in [-0.4, -0.2) is 67.5 Å². The summed E-state index contributed by atoms with van der Waals surface area (Å²) in [5.74, 6) is 0.175. The lowest BCUT2D eigenvalue weighted by Gasteiger charge is -2.36. The molecule has 3 N–H and O–H groups in total. The minimum absolute atomic E-state index is 0. The number of amides is 2. The van der Waals surface area contributed by atoms with Crippen LogP contribution in [0.1, 0.15) is 49.7 Å². The smallest absolute Gasteiger partial charge is 0.371 e. The van der Waals surface area contributed by atoms with Gasteiger partial charge in [-0.1, -0.05) is 6.42 Å². The van der Waals surface area contributed by atoms with Gasteiger partial charge in [0.2, 0.25) is 11.8 Å². The van der Waals surface area contributed by atoms with Crippen molar-refractivity contribution in [2.24, 2.45) is 11.7 Å². The van der Waals surface area contributed by atoms with Crippen LogP contribution in [0.2, 0.25) is 0 Å². The summed E-state index contributed by atoms with van der Waals surface area (Å²) in [5.41, 5.74) is 5.47. The van der Waals surface area contributed by atoms with E-state index in [4.69, 9.17) is 11.0 Å². The highest BCUT2D eigenvalue weighted by molar-refractivity contribution is 5.92. The van der Waals surface area contributed by atoms with Gasteiger partial charge in [-0.05, 0) is 62.6 Å². The summed E-state index contributed by atoms with van der Waals surface area (Å²) >= 11 is 0. The van der Waals surface area contributed by atoms with Crippen molar-refractivity contribution in [3.05, 3.63) is 47.7 Å². The second kappa shape index (κ2) is 15.1. The van der Waals surface area contributed by atoms with Crippen molar-refractivity contribution < 1.29 is 22.8 Å². The van der Waals surface area contributed by atoms with Crippen LogP contribution in [-0.2, 0) is 15.8 Å². The van der Waals surface area contributed by atoms with E-state index in [1.54, 1.807) is 18.3 Å². The van der Waals surface area contributed by atoms with Gasteiger partial charge in [0.25, 0.3) is 0 Å². The Morgan fingerprint density at radius 3 is 2.24 bits per heavy atom. The normalized spacial score (nSPS) is 16.0. The fourth-order valence-electron chi connectivity index (χ4n) is 5.31. The number of benzene rings is 1. The first-order valence-corrected chi connectivity index (χ1v) is 14.1. The van der Waals surface area contributed by atoms with Gasteiger partial charge < -0.3 is 25.8 Å². The zero-order valence-electron chi connectivity index (χ0n) is 23.4. The number of nitrogens with two attached hydrogens (primary N) is 1. The van der Waals surface area contributed by atoms with Crippen LogP contribution < -0.4 is 20.9 Å². The number of piperazine rings is 1. The van der Waals surface area contributed by atoms with Gasteiger partial charge >= 0.3 is 6.18 Å². The molecule has 3 heterocycles. The van der Waals surface area contributed by atoms with Gasteiger partial charge in [0.05, 0.1) is 29.1 Å². The maximum Gasteiger partial charge on any atom is 0.417 e. The number of nitrogens with one attached hydrogen (secondary N) is 1. The lowest BCUT2D eigenvalue weighted by Crippen LogP contribution is -2.48. The molecule has 2 fully saturated rings. The molecule has 13 heteroatoms. The Bertz CT molecular complexity index is 1240. The summed E-state index contributed by atoms with van der Waals surface area (Å²) in [5, 5.41) is 11.9. The number of halogens is 4. The summed E-state index contributed by atoms with van der Waals surface area (Å²) in [6.07, 6.45) is 1.42. The van der Waals surface area contributed by atoms with Gasteiger partial charge in [0, 0.05) is 57.3 Å². The molecule has 9 nitrogen and oxygen atoms in total. The molecule has 1 aromatic heterocycles. The largest absolute Gasteiger partial charge is 0.417 e. The molecule has 228 valence electrons. The molecule has 0 radical (unpaired) electrons. The average molecular weight is 608 g/mol. The third kappa shape index (κ3) is 8.49. The molecule has 1 aromatic carbocycles. The summed E-state index contributed by atoms with van der Waals surface area (Å²) in [7, 11) is 0. The minimum atomic E-state index is -4.61. The number of anilines is 3. The molecule has 0 saturated carbocycles. The van der Waals surface area contributed by atoms with Crippen LogP contribution >= 0.6 is 12.4 Å². The van der Waals surface area contributed by atoms with Crippen molar-refractivity contribution in [3.63, 3.8) is 0 Å². The number of rotatable bonds is 9. The standard InChI is InChI=1S/C29H36F3N7O2.ClH/c30-29(31,32)25-18-23(6-5-22(25)19-34)37-12-9-21(10-13-37)28(41)36-26-8-7-24(20-35-26)38-14-16-39(17-15-38)27(40)4-2-1-3-11-33;/h5-8,18,20-21H,1-4,9-17,33H2,(H,35,36,41);1H. The van der Waals surface area contributed by atoms with Crippen molar-refractivity contribution in [2.75, 3.05) is 60.9 Å². The topological polar surface area (TPSA) is 119 Å². The zero-order chi connectivity index (χ0) is 29.4. The molecule has 0 atom stereocenters. The number of carbonyl (C=O) groups is 2. The number of carbonyl (C=O) groups excluding carboxylic acids is 2. The third-order valence-electron chi connectivity index (χ3n) is 7.75. The Balaban J connectivity index is 0.00000484. The van der Waals surface area contributed by atoms with Gasteiger partial charge in [0.15, 0.2) is 0 Å². The van der Waals surface area contributed by atoms with E-state index in [9.17, 15) is 22.8 Å². The summed E-state index contributed by atoms with van der Waals surface area (Å²) in [4.78, 5) is 35.6. The Morgan fingerprint density at radius 1 is 0.976 bits per heavy atom. The highest BCUT2D eigenvalue weighted by Gasteiger charge is 2.35. The first kappa shape index (κ1) is 32.9. The quantitative estimate of drug-likeness (QED) is 0.405. The lowest BCUT2D eigenvalue weighted by molar-refractivity contribution is -0.137. The molecular weight excluding hydrogens is 571 g/mol. The van der Waals surface area contributed by atoms with Crippen LogP contribution in [0.15, 0.2) is 36.5 Å². The van der Waals surface area contributed by atoms with Crippen molar-refractivity contribution in [1.29, 1.82) is 5.26 Å². The van der Waals surface area contributed by atoms with Gasteiger partial charge in [0.1, 0.15) is 5.82 Å². The van der Waals surface area contributed by atoms with Crippen LogP contribution in [0.3, 0.4) is 0 Å². The van der Waals surface area contributed by atoms with Crippen LogP contribution in [0.5, 0.6) is 0 Å². The third-order valence-corrected chi connectivity index (χ3v) is 7.75. The number of hydrogen-bond donors (Lipinski definition) is 2. The molecule has 0 unspecified atom stereocenters. The summed E-state index contributed by atoms with van der Waals surface area (Å²) in [6, 6.07) is 8.97. The highest BCUT2D eigenvalue weighted by Crippen LogP contribution is 2.35. The summed E-state index contributed by atoms with van der Waals surface area (Å²) < 4.78 is 40.0. The number of aromatic nitrogens is 1. The molecule has 2 amide bonds. The van der Waals surface area contributed by atoms with E-state index in [-0.39, 0.29) is 30.1 Å². The highest BCUT2D eigenvalue weighted by atomic mass is 35.5. The van der Waals surface area contributed by atoms with Gasteiger partial charge in [-0.2, -0.15) is 18.4 Å². The van der Waals surface area contributed by atoms with Crippen molar-refractivity contribution >= 4 is 41.4 Å². The average Bonchev–Trinajstić information content (AvgIpc) is 2.99. The number of pyridine rings is 1. The van der Waals surface area contributed by atoms with Crippen LogP contribution in [0.25, 0.3) is 0 Å². The zero-order valence-corrected chi connectivity index (χ0v) is 24.2. The SMILES string of the molecule is Cl.N#Cc1ccc(N2CCC(C(=O)Nc3ccc(N4CCN(C(=O)CCCCCN)CC4)cn3)CC2)cc1C(F)(F)F. The van der Waals surface area contributed by atoms with Gasteiger partial charge in [-0.25, -0.2) is 4.98 Å². The van der Waals surface area contributed by atoms with E-state index in [0.717, 1.165) is 31.0 Å². The maximum atomic E-state index is 13.3. The molecule has 0 spiro atoms. The number of nitriles is 1. The maximum absolute atomic E-state index is 13.3. The second-order valence-electron chi connectivity index (χ2n) is 10.5. The van der Waals surface area contributed by atoms with E-state index in [2.05, 4.69) is 15.2 Å². The van der Waals surface area contributed by atoms with Crippen molar-refractivity contribution in [1.82, 2.24) is 9.88 Å². The first-order chi connectivity index (χ1) is 19.7. The Kier molecular flexibility index (Phi) is 11.8. The van der Waals surface area contributed by atoms with Crippen LogP contribution in [0, 0.1) is 17.2 Å². The molecule has 2 aliphatic heterocycles. The Morgan fingerprint density at radius 2 is 1.64 bits per heavy atom. The monoisotopic (exact) mass is 607 g/mol. The molecule has 2 aliphatic rings. The minimum Gasteiger partial charge on any atom is -0.371 e. The van der Waals surface area contributed by atoms with E-state index in [1.807, 2.05) is 15.9 Å². The molecule has 0 aliphatic carbocycles. The fourth-order valence-corrected chi connectivity index (χ4v) is 5.31. The Hall–Kier alpha value is -3.56. The molecular formula is C29H37ClF3N7O2. The molecule has 0 bridgehead atoms. The van der Waals surface area contributed by atoms with E-state index < -0.39 is 17.3 Å². The Labute approximate surface area is 250 Å². The van der Waals surface area contributed by atoms with Crippen molar-refractivity contribution in [2.45, 2.75) is 44.7 Å². The molecule has 2 saturated heterocycles. The van der Waals surface area contributed by atoms with Crippen LogP contribution in [0.4, 0.5) is 30.4 Å². The molecule has 2 aromatic rings. The number of piperidine rings is 1. The predicted octanol–water partition coefficient (Wildman–Crippen LogP) is 4.42. The number of hydrogen-bond acceptors (Lipinski definition) is 7. The predicted molar refractivity (Wildman–Crippen MR) is 158 cm³/mol. The summed E-state index contributed by atoms with van der Waals surface area (Å²) in [6.45, 7) is 4.25. The van der Waals surface area contributed by atoms with E-state index >= 15 is 0 Å². The number of alkyl halides is 3. The fraction of sp³-hybridized carbons (Fsp3) is 0.517. The lowest BCUT2D eigenvalue weighted by atomic mass is 9.95.